The Bertz CT molecular complexity index is 4380. The Balaban J connectivity index is 0.925. The molecule has 13 aromatic carbocycles. The fraction of sp³-hybridized carbons (Fsp3) is 0. The first-order chi connectivity index (χ1) is 36.7. The minimum absolute atomic E-state index is 1.07. The molecule has 0 amide bonds. The van der Waals surface area contributed by atoms with Crippen molar-refractivity contribution in [3.63, 3.8) is 0 Å². The van der Waals surface area contributed by atoms with Gasteiger partial charge >= 0.3 is 0 Å². The van der Waals surface area contributed by atoms with Gasteiger partial charge in [-0.15, -0.1) is 0 Å². The lowest BCUT2D eigenvalue weighted by molar-refractivity contribution is 1.18. The Morgan fingerprint density at radius 3 is 1.46 bits per heavy atom. The molecule has 0 radical (unpaired) electrons. The van der Waals surface area contributed by atoms with Gasteiger partial charge in [0.2, 0.25) is 0 Å². The van der Waals surface area contributed by atoms with E-state index in [1.807, 2.05) is 0 Å². The molecule has 0 atom stereocenters. The summed E-state index contributed by atoms with van der Waals surface area (Å²) in [6.45, 7) is 0. The number of para-hydroxylation sites is 3. The highest BCUT2D eigenvalue weighted by molar-refractivity contribution is 6.22. The summed E-state index contributed by atoms with van der Waals surface area (Å²) in [5.74, 6) is 0. The van der Waals surface area contributed by atoms with Gasteiger partial charge < -0.3 is 9.47 Å². The van der Waals surface area contributed by atoms with Crippen LogP contribution in [0.5, 0.6) is 0 Å². The van der Waals surface area contributed by atoms with Gasteiger partial charge in [0.05, 0.1) is 16.7 Å². The van der Waals surface area contributed by atoms with Crippen molar-refractivity contribution in [2.45, 2.75) is 0 Å². The lowest BCUT2D eigenvalue weighted by Crippen LogP contribution is -2.11. The van der Waals surface area contributed by atoms with Gasteiger partial charge in [0.25, 0.3) is 0 Å². The zero-order chi connectivity index (χ0) is 49.0. The molecule has 0 spiro atoms. The number of fused-ring (bicyclic) bond motifs is 7. The number of hydrogen-bond acceptors (Lipinski definition) is 1. The van der Waals surface area contributed by atoms with E-state index in [2.05, 4.69) is 301 Å². The molecule has 14 rings (SSSR count). The van der Waals surface area contributed by atoms with E-state index in [0.29, 0.717) is 0 Å². The molecule has 14 aromatic rings. The number of anilines is 3. The molecule has 0 aliphatic carbocycles. The van der Waals surface area contributed by atoms with Crippen molar-refractivity contribution in [2.24, 2.45) is 0 Å². The van der Waals surface area contributed by atoms with Crippen LogP contribution in [0.4, 0.5) is 17.1 Å². The Hall–Kier alpha value is -9.76. The smallest absolute Gasteiger partial charge is 0.0541 e. The van der Waals surface area contributed by atoms with Gasteiger partial charge in [-0.05, 0) is 149 Å². The summed E-state index contributed by atoms with van der Waals surface area (Å²) in [6, 6.07) is 106. The maximum absolute atomic E-state index is 2.43. The minimum Gasteiger partial charge on any atom is -0.310 e. The van der Waals surface area contributed by atoms with Gasteiger partial charge in [-0.3, -0.25) is 0 Å². The number of hydrogen-bond donors (Lipinski definition) is 0. The number of rotatable bonds is 9. The van der Waals surface area contributed by atoms with E-state index in [1.165, 1.54) is 93.1 Å². The molecular formula is C72H48N2. The first kappa shape index (κ1) is 43.1. The van der Waals surface area contributed by atoms with E-state index in [-0.39, 0.29) is 0 Å². The predicted molar refractivity (Wildman–Crippen MR) is 315 cm³/mol. The summed E-state index contributed by atoms with van der Waals surface area (Å²) >= 11 is 0. The van der Waals surface area contributed by atoms with Crippen LogP contribution in [0.25, 0.3) is 115 Å². The molecule has 0 fully saturated rings. The average Bonchev–Trinajstić information content (AvgIpc) is 3.83. The zero-order valence-electron chi connectivity index (χ0n) is 40.6. The lowest BCUT2D eigenvalue weighted by Gasteiger charge is -2.28. The van der Waals surface area contributed by atoms with Crippen LogP contribution < -0.4 is 4.90 Å². The average molecular weight is 941 g/mol. The molecule has 346 valence electrons. The Morgan fingerprint density at radius 2 is 0.730 bits per heavy atom. The highest BCUT2D eigenvalue weighted by atomic mass is 15.1. The van der Waals surface area contributed by atoms with E-state index >= 15 is 0 Å². The lowest BCUT2D eigenvalue weighted by atomic mass is 9.84. The second kappa shape index (κ2) is 18.1. The molecule has 0 aliphatic heterocycles. The summed E-state index contributed by atoms with van der Waals surface area (Å²) in [7, 11) is 0. The molecular weight excluding hydrogens is 893 g/mol. The second-order valence-electron chi connectivity index (χ2n) is 19.2. The van der Waals surface area contributed by atoms with E-state index in [0.717, 1.165) is 39.4 Å². The monoisotopic (exact) mass is 940 g/mol. The van der Waals surface area contributed by atoms with Crippen LogP contribution in [0.15, 0.2) is 291 Å². The van der Waals surface area contributed by atoms with Crippen LogP contribution in [0.1, 0.15) is 0 Å². The van der Waals surface area contributed by atoms with Crippen molar-refractivity contribution in [1.82, 2.24) is 4.57 Å². The third kappa shape index (κ3) is 7.35. The third-order valence-electron chi connectivity index (χ3n) is 15.0. The summed E-state index contributed by atoms with van der Waals surface area (Å²) in [4.78, 5) is 2.43. The molecule has 0 N–H and O–H groups in total. The number of nitrogens with zero attached hydrogens (tertiary/aromatic N) is 2. The van der Waals surface area contributed by atoms with Crippen molar-refractivity contribution in [3.05, 3.63) is 291 Å². The third-order valence-corrected chi connectivity index (χ3v) is 15.0. The second-order valence-corrected chi connectivity index (χ2v) is 19.2. The molecule has 0 saturated heterocycles. The molecule has 1 aromatic heterocycles. The minimum atomic E-state index is 1.07. The molecule has 2 heteroatoms. The van der Waals surface area contributed by atoms with E-state index in [9.17, 15) is 0 Å². The normalized spacial score (nSPS) is 11.5. The molecule has 74 heavy (non-hydrogen) atoms. The Kier molecular flexibility index (Phi) is 10.6. The van der Waals surface area contributed by atoms with Crippen LogP contribution in [0.2, 0.25) is 0 Å². The highest BCUT2D eigenvalue weighted by Crippen LogP contribution is 2.47. The molecule has 0 unspecified atom stereocenters. The van der Waals surface area contributed by atoms with Gasteiger partial charge in [0, 0.05) is 33.4 Å². The number of benzene rings is 13. The number of aromatic nitrogens is 1. The Labute approximate surface area is 430 Å². The summed E-state index contributed by atoms with van der Waals surface area (Å²) in [5.41, 5.74) is 18.8. The quantitative estimate of drug-likeness (QED) is 0.131. The van der Waals surface area contributed by atoms with Crippen molar-refractivity contribution >= 4 is 71.2 Å². The van der Waals surface area contributed by atoms with Gasteiger partial charge in [-0.1, -0.05) is 224 Å². The predicted octanol–water partition coefficient (Wildman–Crippen LogP) is 20.0. The van der Waals surface area contributed by atoms with E-state index < -0.39 is 0 Å². The summed E-state index contributed by atoms with van der Waals surface area (Å²) < 4.78 is 2.38. The standard InChI is InChI=1S/C72H48N2/c1-4-20-52(21-5-1)71-65-31-13-12-29-62(65)63-45-39-54(47-67(63)72(71)53-22-6-2-7-23-53)49-35-41-57(42-36-49)73(58-43-37-51(38-44-58)60-32-18-24-50-19-10-11-27-59(50)60)68-33-16-14-28-61(68)55-40-46-70-66(48-55)64-30-15-17-34-69(64)74(70)56-25-8-3-9-26-56/h1-48H. The van der Waals surface area contributed by atoms with Gasteiger partial charge in [0.1, 0.15) is 0 Å². The summed E-state index contributed by atoms with van der Waals surface area (Å²) in [5, 5.41) is 9.94. The van der Waals surface area contributed by atoms with Crippen molar-refractivity contribution < 1.29 is 0 Å². The van der Waals surface area contributed by atoms with Gasteiger partial charge in [-0.25, -0.2) is 0 Å². The summed E-state index contributed by atoms with van der Waals surface area (Å²) in [6.07, 6.45) is 0. The van der Waals surface area contributed by atoms with Crippen LogP contribution in [-0.4, -0.2) is 4.57 Å². The molecule has 0 aliphatic rings. The van der Waals surface area contributed by atoms with Gasteiger partial charge in [-0.2, -0.15) is 0 Å². The highest BCUT2D eigenvalue weighted by Gasteiger charge is 2.22. The van der Waals surface area contributed by atoms with Crippen molar-refractivity contribution in [2.75, 3.05) is 4.90 Å². The van der Waals surface area contributed by atoms with Crippen LogP contribution >= 0.6 is 0 Å². The van der Waals surface area contributed by atoms with Crippen LogP contribution in [0.3, 0.4) is 0 Å². The van der Waals surface area contributed by atoms with Gasteiger partial charge in [0.15, 0.2) is 0 Å². The maximum Gasteiger partial charge on any atom is 0.0541 e. The maximum atomic E-state index is 2.43. The molecule has 2 nitrogen and oxygen atoms in total. The van der Waals surface area contributed by atoms with Crippen LogP contribution in [0, 0.1) is 0 Å². The first-order valence-corrected chi connectivity index (χ1v) is 25.5. The molecule has 1 heterocycles. The topological polar surface area (TPSA) is 8.17 Å². The fourth-order valence-corrected chi connectivity index (χ4v) is 11.6. The van der Waals surface area contributed by atoms with Crippen molar-refractivity contribution in [3.8, 4) is 61.3 Å². The zero-order valence-corrected chi connectivity index (χ0v) is 40.6. The SMILES string of the molecule is c1ccc(-c2c(-c3ccccc3)c3cc(-c4ccc(N(c5ccc(-c6cccc7ccccc67)cc5)c5ccccc5-c5ccc6c(c5)c5ccccc5n6-c5ccccc5)cc4)ccc3c3ccccc23)cc1. The van der Waals surface area contributed by atoms with E-state index in [4.69, 9.17) is 0 Å². The largest absolute Gasteiger partial charge is 0.310 e. The van der Waals surface area contributed by atoms with E-state index in [1.54, 1.807) is 0 Å². The van der Waals surface area contributed by atoms with Crippen molar-refractivity contribution in [1.29, 1.82) is 0 Å². The molecule has 0 bridgehead atoms. The van der Waals surface area contributed by atoms with Crippen LogP contribution in [-0.2, 0) is 0 Å². The molecule has 0 saturated carbocycles. The first-order valence-electron chi connectivity index (χ1n) is 25.5. The fourth-order valence-electron chi connectivity index (χ4n) is 11.6. The Morgan fingerprint density at radius 1 is 0.243 bits per heavy atom.